The molecule has 162 valence electrons. The van der Waals surface area contributed by atoms with Crippen LogP contribution in [0.15, 0.2) is 97.1 Å². The molecule has 5 heteroatoms. The average Bonchev–Trinajstić information content (AvgIpc) is 2.87. The second kappa shape index (κ2) is 9.01. The number of pyridine rings is 1. The van der Waals surface area contributed by atoms with Crippen LogP contribution in [0.4, 0.5) is 11.4 Å². The Bertz CT molecular complexity index is 1430. The predicted octanol–water partition coefficient (Wildman–Crippen LogP) is 6.26. The molecule has 0 unspecified atom stereocenters. The van der Waals surface area contributed by atoms with Gasteiger partial charge in [-0.05, 0) is 42.0 Å². The molecule has 0 radical (unpaired) electrons. The van der Waals surface area contributed by atoms with Crippen molar-refractivity contribution in [2.45, 2.75) is 6.54 Å². The number of ether oxygens (including phenoxy) is 1. The molecule has 0 atom stereocenters. The van der Waals surface area contributed by atoms with Crippen molar-refractivity contribution in [2.75, 3.05) is 17.7 Å². The Labute approximate surface area is 192 Å². The Balaban J connectivity index is 1.40. The van der Waals surface area contributed by atoms with Gasteiger partial charge in [0, 0.05) is 28.6 Å². The van der Waals surface area contributed by atoms with Crippen molar-refractivity contribution in [2.24, 2.45) is 0 Å². The van der Waals surface area contributed by atoms with Gasteiger partial charge < -0.3 is 15.4 Å². The van der Waals surface area contributed by atoms with Crippen LogP contribution < -0.4 is 15.4 Å². The summed E-state index contributed by atoms with van der Waals surface area (Å²) >= 11 is 0. The molecule has 4 aromatic carbocycles. The van der Waals surface area contributed by atoms with Crippen molar-refractivity contribution in [3.05, 3.63) is 108 Å². The van der Waals surface area contributed by atoms with E-state index in [1.807, 2.05) is 84.9 Å². The molecule has 0 spiro atoms. The van der Waals surface area contributed by atoms with Crippen molar-refractivity contribution in [1.29, 1.82) is 0 Å². The van der Waals surface area contributed by atoms with Gasteiger partial charge in [0.05, 0.1) is 18.3 Å². The number of methoxy groups -OCH3 is 1. The fourth-order valence-corrected chi connectivity index (χ4v) is 3.93. The number of nitrogens with zero attached hydrogens (tertiary/aromatic N) is 1. The molecule has 33 heavy (non-hydrogen) atoms. The number of para-hydroxylation sites is 3. The highest BCUT2D eigenvalue weighted by Gasteiger charge is 2.12. The van der Waals surface area contributed by atoms with Gasteiger partial charge in [-0.25, -0.2) is 4.98 Å². The normalized spacial score (nSPS) is 10.8. The molecule has 1 aromatic heterocycles. The highest BCUT2D eigenvalue weighted by atomic mass is 16.5. The fourth-order valence-electron chi connectivity index (χ4n) is 3.93. The Kier molecular flexibility index (Phi) is 5.60. The Hall–Kier alpha value is -4.38. The summed E-state index contributed by atoms with van der Waals surface area (Å²) in [5.74, 6) is 0.619. The number of benzene rings is 4. The van der Waals surface area contributed by atoms with Crippen LogP contribution in [0, 0.1) is 0 Å². The van der Waals surface area contributed by atoms with Gasteiger partial charge in [-0.3, -0.25) is 4.79 Å². The van der Waals surface area contributed by atoms with Crippen molar-refractivity contribution in [3.63, 3.8) is 0 Å². The molecule has 1 amide bonds. The van der Waals surface area contributed by atoms with E-state index in [0.717, 1.165) is 44.5 Å². The topological polar surface area (TPSA) is 63.2 Å². The van der Waals surface area contributed by atoms with E-state index in [4.69, 9.17) is 9.72 Å². The number of carbonyl (C=O) groups is 1. The summed E-state index contributed by atoms with van der Waals surface area (Å²) in [5, 5.41) is 8.56. The molecule has 5 nitrogen and oxygen atoms in total. The summed E-state index contributed by atoms with van der Waals surface area (Å²) in [6.45, 7) is 0.612. The summed E-state index contributed by atoms with van der Waals surface area (Å²) in [4.78, 5) is 17.3. The molecule has 5 aromatic rings. The number of nitrogens with one attached hydrogen (secondary N) is 2. The number of aromatic nitrogens is 1. The zero-order valence-corrected chi connectivity index (χ0v) is 18.2. The average molecular weight is 434 g/mol. The van der Waals surface area contributed by atoms with Gasteiger partial charge in [0.2, 0.25) is 0 Å². The lowest BCUT2D eigenvalue weighted by Crippen LogP contribution is -2.11. The van der Waals surface area contributed by atoms with E-state index in [2.05, 4.69) is 22.8 Å². The third-order valence-electron chi connectivity index (χ3n) is 5.61. The van der Waals surface area contributed by atoms with Gasteiger partial charge in [0.25, 0.3) is 5.91 Å². The van der Waals surface area contributed by atoms with Crippen LogP contribution in [-0.2, 0) is 6.54 Å². The summed E-state index contributed by atoms with van der Waals surface area (Å²) in [6, 6.07) is 31.1. The summed E-state index contributed by atoms with van der Waals surface area (Å²) in [7, 11) is 1.66. The summed E-state index contributed by atoms with van der Waals surface area (Å²) < 4.78 is 5.54. The van der Waals surface area contributed by atoms with E-state index in [1.54, 1.807) is 7.11 Å². The van der Waals surface area contributed by atoms with Crippen LogP contribution in [0.25, 0.3) is 21.8 Å². The maximum absolute atomic E-state index is 12.5. The number of hydrogen-bond donors (Lipinski definition) is 2. The standard InChI is InChI=1S/C28H23N3O2/c1-33-25-13-7-11-23-26(22-10-5-6-12-24(22)31-27(23)25)29-18-19-14-16-20(17-15-19)28(32)30-21-8-3-2-4-9-21/h2-17H,18H2,1H3,(H,29,31)(H,30,32). The minimum Gasteiger partial charge on any atom is -0.494 e. The maximum atomic E-state index is 12.5. The minimum atomic E-state index is -0.126. The number of carbonyl (C=O) groups excluding carboxylic acids is 1. The first kappa shape index (κ1) is 20.5. The van der Waals surface area contributed by atoms with Crippen LogP contribution in [0.1, 0.15) is 15.9 Å². The highest BCUT2D eigenvalue weighted by Crippen LogP contribution is 2.35. The molecule has 0 fully saturated rings. The first-order chi connectivity index (χ1) is 16.2. The molecule has 5 rings (SSSR count). The predicted molar refractivity (Wildman–Crippen MR) is 134 cm³/mol. The van der Waals surface area contributed by atoms with Crippen LogP contribution in [0.3, 0.4) is 0 Å². The number of amides is 1. The SMILES string of the molecule is COc1cccc2c(NCc3ccc(C(=O)Nc4ccccc4)cc3)c3ccccc3nc12. The Morgan fingerprint density at radius 3 is 2.33 bits per heavy atom. The second-order valence-electron chi connectivity index (χ2n) is 7.73. The fraction of sp³-hybridized carbons (Fsp3) is 0.0714. The van der Waals surface area contributed by atoms with Crippen molar-refractivity contribution in [1.82, 2.24) is 4.98 Å². The molecular formula is C28H23N3O2. The Morgan fingerprint density at radius 2 is 1.55 bits per heavy atom. The van der Waals surface area contributed by atoms with E-state index < -0.39 is 0 Å². The monoisotopic (exact) mass is 433 g/mol. The molecule has 1 heterocycles. The number of fused-ring (bicyclic) bond motifs is 2. The lowest BCUT2D eigenvalue weighted by molar-refractivity contribution is 0.102. The smallest absolute Gasteiger partial charge is 0.255 e. The lowest BCUT2D eigenvalue weighted by atomic mass is 10.1. The zero-order valence-electron chi connectivity index (χ0n) is 18.2. The van der Waals surface area contributed by atoms with Gasteiger partial charge in [-0.15, -0.1) is 0 Å². The van der Waals surface area contributed by atoms with E-state index in [1.165, 1.54) is 0 Å². The molecule has 0 aliphatic rings. The highest BCUT2D eigenvalue weighted by molar-refractivity contribution is 6.09. The van der Waals surface area contributed by atoms with Crippen LogP contribution >= 0.6 is 0 Å². The molecule has 0 aliphatic heterocycles. The first-order valence-corrected chi connectivity index (χ1v) is 10.8. The van der Waals surface area contributed by atoms with Crippen molar-refractivity contribution < 1.29 is 9.53 Å². The maximum Gasteiger partial charge on any atom is 0.255 e. The summed E-state index contributed by atoms with van der Waals surface area (Å²) in [6.07, 6.45) is 0. The lowest BCUT2D eigenvalue weighted by Gasteiger charge is -2.15. The second-order valence-corrected chi connectivity index (χ2v) is 7.73. The molecule has 0 saturated heterocycles. The third-order valence-corrected chi connectivity index (χ3v) is 5.61. The van der Waals surface area contributed by atoms with Crippen LogP contribution in [0.2, 0.25) is 0 Å². The first-order valence-electron chi connectivity index (χ1n) is 10.8. The van der Waals surface area contributed by atoms with Crippen LogP contribution in [-0.4, -0.2) is 18.0 Å². The van der Waals surface area contributed by atoms with E-state index >= 15 is 0 Å². The van der Waals surface area contributed by atoms with Gasteiger partial charge in [-0.2, -0.15) is 0 Å². The Morgan fingerprint density at radius 1 is 0.818 bits per heavy atom. The molecule has 0 bridgehead atoms. The van der Waals surface area contributed by atoms with E-state index in [0.29, 0.717) is 12.1 Å². The van der Waals surface area contributed by atoms with Gasteiger partial charge in [0.1, 0.15) is 11.3 Å². The van der Waals surface area contributed by atoms with Gasteiger partial charge in [0.15, 0.2) is 0 Å². The molecule has 0 saturated carbocycles. The van der Waals surface area contributed by atoms with Crippen LogP contribution in [0.5, 0.6) is 5.75 Å². The summed E-state index contributed by atoms with van der Waals surface area (Å²) in [5.41, 5.74) is 5.22. The van der Waals surface area contributed by atoms with Crippen molar-refractivity contribution in [3.8, 4) is 5.75 Å². The van der Waals surface area contributed by atoms with Gasteiger partial charge >= 0.3 is 0 Å². The minimum absolute atomic E-state index is 0.126. The third kappa shape index (κ3) is 4.21. The van der Waals surface area contributed by atoms with E-state index in [-0.39, 0.29) is 5.91 Å². The quantitative estimate of drug-likeness (QED) is 0.310. The van der Waals surface area contributed by atoms with Crippen molar-refractivity contribution >= 4 is 39.1 Å². The molecule has 0 aliphatic carbocycles. The largest absolute Gasteiger partial charge is 0.494 e. The number of hydrogen-bond acceptors (Lipinski definition) is 4. The van der Waals surface area contributed by atoms with Gasteiger partial charge in [-0.1, -0.05) is 60.7 Å². The zero-order chi connectivity index (χ0) is 22.6. The molecular weight excluding hydrogens is 410 g/mol. The molecule has 2 N–H and O–H groups in total. The van der Waals surface area contributed by atoms with E-state index in [9.17, 15) is 4.79 Å². The number of rotatable bonds is 6. The number of anilines is 2.